The van der Waals surface area contributed by atoms with E-state index in [2.05, 4.69) is 5.32 Å². The van der Waals surface area contributed by atoms with Gasteiger partial charge in [0.1, 0.15) is 11.1 Å². The summed E-state index contributed by atoms with van der Waals surface area (Å²) in [5.41, 5.74) is -1.29. The number of rotatable bonds is 3. The Hall–Kier alpha value is -2.02. The SMILES string of the molecule is CC(C)(C)OC(=O)N1CCC[C@]2(NCc3ccccc3)C(=O)C(F)(F)CC12. The van der Waals surface area contributed by atoms with Crippen molar-refractivity contribution in [2.75, 3.05) is 6.54 Å². The van der Waals surface area contributed by atoms with E-state index < -0.39 is 41.4 Å². The second-order valence-corrected chi connectivity index (χ2v) is 8.34. The van der Waals surface area contributed by atoms with Crippen LogP contribution in [0.2, 0.25) is 0 Å². The number of halogens is 2. The Bertz CT molecular complexity index is 718. The minimum Gasteiger partial charge on any atom is -0.444 e. The fraction of sp³-hybridized carbons (Fsp3) is 0.600. The minimum atomic E-state index is -3.46. The Morgan fingerprint density at radius 2 is 1.96 bits per heavy atom. The molecule has 1 heterocycles. The van der Waals surface area contributed by atoms with E-state index in [-0.39, 0.29) is 13.0 Å². The summed E-state index contributed by atoms with van der Waals surface area (Å²) >= 11 is 0. The predicted molar refractivity (Wildman–Crippen MR) is 96.5 cm³/mol. The summed E-state index contributed by atoms with van der Waals surface area (Å²) in [5, 5.41) is 3.09. The maximum atomic E-state index is 14.4. The van der Waals surface area contributed by atoms with E-state index in [1.165, 1.54) is 4.90 Å². The molecule has 2 atom stereocenters. The summed E-state index contributed by atoms with van der Waals surface area (Å²) in [5.74, 6) is -4.58. The van der Waals surface area contributed by atoms with Gasteiger partial charge in [-0.3, -0.25) is 10.1 Å². The van der Waals surface area contributed by atoms with Gasteiger partial charge in [0.05, 0.1) is 6.04 Å². The summed E-state index contributed by atoms with van der Waals surface area (Å²) < 4.78 is 34.2. The molecule has 0 aromatic heterocycles. The van der Waals surface area contributed by atoms with Crippen molar-refractivity contribution in [3.05, 3.63) is 35.9 Å². The van der Waals surface area contributed by atoms with Gasteiger partial charge in [-0.2, -0.15) is 8.78 Å². The molecule has 1 aromatic carbocycles. The quantitative estimate of drug-likeness (QED) is 0.872. The van der Waals surface area contributed by atoms with Crippen LogP contribution in [-0.2, 0) is 16.1 Å². The third kappa shape index (κ3) is 3.83. The number of hydrogen-bond donors (Lipinski definition) is 1. The van der Waals surface area contributed by atoms with Crippen molar-refractivity contribution in [3.63, 3.8) is 0 Å². The molecule has 2 aliphatic rings. The molecule has 0 bridgehead atoms. The Morgan fingerprint density at radius 3 is 2.59 bits per heavy atom. The molecule has 1 amide bonds. The van der Waals surface area contributed by atoms with Crippen LogP contribution >= 0.6 is 0 Å². The zero-order valence-electron chi connectivity index (χ0n) is 15.9. The van der Waals surface area contributed by atoms with Crippen LogP contribution in [0.3, 0.4) is 0 Å². The van der Waals surface area contributed by atoms with Gasteiger partial charge in [0.15, 0.2) is 0 Å². The lowest BCUT2D eigenvalue weighted by molar-refractivity contribution is -0.143. The first-order valence-corrected chi connectivity index (χ1v) is 9.26. The van der Waals surface area contributed by atoms with E-state index in [0.29, 0.717) is 13.0 Å². The van der Waals surface area contributed by atoms with Gasteiger partial charge in [0.25, 0.3) is 0 Å². The Morgan fingerprint density at radius 1 is 1.30 bits per heavy atom. The molecule has 0 radical (unpaired) electrons. The van der Waals surface area contributed by atoms with Crippen molar-refractivity contribution in [3.8, 4) is 0 Å². The highest BCUT2D eigenvalue weighted by Crippen LogP contribution is 2.46. The van der Waals surface area contributed by atoms with Crippen molar-refractivity contribution in [1.82, 2.24) is 10.2 Å². The molecule has 1 saturated carbocycles. The molecule has 1 aromatic rings. The van der Waals surface area contributed by atoms with Gasteiger partial charge in [-0.15, -0.1) is 0 Å². The lowest BCUT2D eigenvalue weighted by Gasteiger charge is -2.45. The van der Waals surface area contributed by atoms with Crippen LogP contribution in [0.15, 0.2) is 30.3 Å². The Kier molecular flexibility index (Phi) is 5.01. The van der Waals surface area contributed by atoms with Crippen LogP contribution in [0.25, 0.3) is 0 Å². The topological polar surface area (TPSA) is 58.6 Å². The van der Waals surface area contributed by atoms with Crippen LogP contribution < -0.4 is 5.32 Å². The number of nitrogens with zero attached hydrogens (tertiary/aromatic N) is 1. The monoisotopic (exact) mass is 380 g/mol. The maximum Gasteiger partial charge on any atom is 0.410 e. The van der Waals surface area contributed by atoms with Crippen LogP contribution in [0.1, 0.15) is 45.6 Å². The number of hydrogen-bond acceptors (Lipinski definition) is 4. The van der Waals surface area contributed by atoms with Gasteiger partial charge in [-0.05, 0) is 39.2 Å². The van der Waals surface area contributed by atoms with Crippen molar-refractivity contribution >= 4 is 11.9 Å². The largest absolute Gasteiger partial charge is 0.444 e. The fourth-order valence-electron chi connectivity index (χ4n) is 4.01. The molecule has 3 rings (SSSR count). The first kappa shape index (κ1) is 19.7. The van der Waals surface area contributed by atoms with Crippen LogP contribution in [0.5, 0.6) is 0 Å². The Labute approximate surface area is 158 Å². The molecule has 1 aliphatic heterocycles. The minimum absolute atomic E-state index is 0.276. The summed E-state index contributed by atoms with van der Waals surface area (Å²) in [6.45, 7) is 5.76. The number of Topliss-reactive ketones (excluding diaryl/α,β-unsaturated/α-hetero) is 1. The average molecular weight is 380 g/mol. The summed E-state index contributed by atoms with van der Waals surface area (Å²) in [6.07, 6.45) is -0.589. The molecular formula is C20H26F2N2O3. The highest BCUT2D eigenvalue weighted by Gasteiger charge is 2.67. The fourth-order valence-corrected chi connectivity index (χ4v) is 4.01. The number of nitrogens with one attached hydrogen (secondary N) is 1. The van der Waals surface area contributed by atoms with Gasteiger partial charge in [-0.1, -0.05) is 30.3 Å². The molecular weight excluding hydrogens is 354 g/mol. The normalized spacial score (nSPS) is 27.4. The van der Waals surface area contributed by atoms with Crippen LogP contribution in [-0.4, -0.2) is 46.4 Å². The number of carbonyl (C=O) groups excluding carboxylic acids is 2. The number of fused-ring (bicyclic) bond motifs is 1. The molecule has 1 N–H and O–H groups in total. The zero-order chi connectivity index (χ0) is 19.9. The highest BCUT2D eigenvalue weighted by molar-refractivity contribution is 5.98. The van der Waals surface area contributed by atoms with Crippen molar-refractivity contribution in [1.29, 1.82) is 0 Å². The number of carbonyl (C=O) groups is 2. The molecule has 27 heavy (non-hydrogen) atoms. The van der Waals surface area contributed by atoms with Crippen LogP contribution in [0, 0.1) is 0 Å². The molecule has 0 spiro atoms. The molecule has 1 aliphatic carbocycles. The molecule has 5 nitrogen and oxygen atoms in total. The second-order valence-electron chi connectivity index (χ2n) is 8.34. The van der Waals surface area contributed by atoms with E-state index >= 15 is 0 Å². The summed E-state index contributed by atoms with van der Waals surface area (Å²) in [4.78, 5) is 26.6. The third-order valence-corrected chi connectivity index (χ3v) is 5.18. The maximum absolute atomic E-state index is 14.4. The van der Waals surface area contributed by atoms with Crippen molar-refractivity contribution in [2.24, 2.45) is 0 Å². The first-order valence-electron chi connectivity index (χ1n) is 9.26. The lowest BCUT2D eigenvalue weighted by atomic mass is 9.82. The van der Waals surface area contributed by atoms with E-state index in [0.717, 1.165) is 5.56 Å². The molecule has 1 saturated heterocycles. The second kappa shape index (κ2) is 6.86. The standard InChI is InChI=1S/C20H26F2N2O3/c1-18(2,3)27-17(26)24-11-7-10-19(15(24)12-20(21,22)16(19)25)23-13-14-8-5-4-6-9-14/h4-6,8-9,15,23H,7,10-13H2,1-3H3/t15?,19-/m1/s1. The zero-order valence-corrected chi connectivity index (χ0v) is 15.9. The van der Waals surface area contributed by atoms with Gasteiger partial charge < -0.3 is 9.64 Å². The first-order chi connectivity index (χ1) is 12.6. The number of benzene rings is 1. The number of amides is 1. The third-order valence-electron chi connectivity index (χ3n) is 5.18. The van der Waals surface area contributed by atoms with Gasteiger partial charge in [0, 0.05) is 19.5 Å². The summed E-state index contributed by atoms with van der Waals surface area (Å²) in [6, 6.07) is 8.38. The van der Waals surface area contributed by atoms with E-state index in [9.17, 15) is 18.4 Å². The lowest BCUT2D eigenvalue weighted by Crippen LogP contribution is -2.65. The number of ether oxygens (including phenoxy) is 1. The van der Waals surface area contributed by atoms with E-state index in [4.69, 9.17) is 4.74 Å². The molecule has 1 unspecified atom stereocenters. The van der Waals surface area contributed by atoms with Gasteiger partial charge in [-0.25, -0.2) is 4.79 Å². The predicted octanol–water partition coefficient (Wildman–Crippen LogP) is 3.52. The van der Waals surface area contributed by atoms with Gasteiger partial charge in [0.2, 0.25) is 5.78 Å². The van der Waals surface area contributed by atoms with Crippen LogP contribution in [0.4, 0.5) is 13.6 Å². The molecule has 2 fully saturated rings. The average Bonchev–Trinajstić information content (AvgIpc) is 2.79. The van der Waals surface area contributed by atoms with Gasteiger partial charge >= 0.3 is 12.0 Å². The number of piperidine rings is 1. The van der Waals surface area contributed by atoms with E-state index in [1.807, 2.05) is 30.3 Å². The number of alkyl halides is 2. The summed E-state index contributed by atoms with van der Waals surface area (Å²) in [7, 11) is 0. The van der Waals surface area contributed by atoms with E-state index in [1.54, 1.807) is 20.8 Å². The Balaban J connectivity index is 1.88. The molecule has 7 heteroatoms. The number of ketones is 1. The molecule has 148 valence electrons. The highest BCUT2D eigenvalue weighted by atomic mass is 19.3. The van der Waals surface area contributed by atoms with Crippen molar-refractivity contribution < 1.29 is 23.1 Å². The van der Waals surface area contributed by atoms with Crippen molar-refractivity contribution in [2.45, 2.75) is 69.7 Å². The smallest absolute Gasteiger partial charge is 0.410 e. The number of likely N-dealkylation sites (tertiary alicyclic amines) is 1.